The van der Waals surface area contributed by atoms with Gasteiger partial charge in [-0.2, -0.15) is 0 Å². The van der Waals surface area contributed by atoms with E-state index in [0.29, 0.717) is 19.6 Å². The first-order chi connectivity index (χ1) is 17.7. The van der Waals surface area contributed by atoms with Crippen molar-refractivity contribution in [3.8, 4) is 0 Å². The Morgan fingerprint density at radius 2 is 1.54 bits per heavy atom. The number of hydrogen-bond acceptors (Lipinski definition) is 5. The van der Waals surface area contributed by atoms with Gasteiger partial charge in [-0.1, -0.05) is 109 Å². The number of ether oxygens (including phenoxy) is 2. The lowest BCUT2D eigenvalue weighted by Gasteiger charge is -2.45. The molecule has 0 amide bonds. The Morgan fingerprint density at radius 3 is 2.08 bits per heavy atom. The van der Waals surface area contributed by atoms with Gasteiger partial charge < -0.3 is 19.0 Å². The van der Waals surface area contributed by atoms with Crippen molar-refractivity contribution in [1.82, 2.24) is 0 Å². The van der Waals surface area contributed by atoms with Crippen molar-refractivity contribution in [2.75, 3.05) is 6.61 Å². The van der Waals surface area contributed by atoms with Crippen LogP contribution in [0, 0.1) is 0 Å². The summed E-state index contributed by atoms with van der Waals surface area (Å²) in [5.74, 6) is -0.345. The third-order valence-corrected chi connectivity index (χ3v) is 12.5. The Bertz CT molecular complexity index is 1110. The van der Waals surface area contributed by atoms with E-state index < -0.39 is 26.6 Å². The van der Waals surface area contributed by atoms with Crippen molar-refractivity contribution in [3.63, 3.8) is 0 Å². The molecule has 196 valence electrons. The van der Waals surface area contributed by atoms with Crippen molar-refractivity contribution in [2.45, 2.75) is 63.6 Å². The largest absolute Gasteiger partial charge is 0.457 e. The van der Waals surface area contributed by atoms with Crippen molar-refractivity contribution >= 4 is 40.6 Å². The van der Waals surface area contributed by atoms with Crippen LogP contribution in [0.25, 0.3) is 0 Å². The second kappa shape index (κ2) is 12.0. The third-order valence-electron chi connectivity index (χ3n) is 6.87. The number of aliphatic hydroxyl groups is 1. The number of esters is 1. The minimum atomic E-state index is -2.90. The second-order valence-electron chi connectivity index (χ2n) is 10.5. The highest BCUT2D eigenvalue weighted by molar-refractivity contribution is 9.10. The molecule has 1 fully saturated rings. The average molecular weight is 584 g/mol. The number of carbonyl (C=O) groups excluding carboxylic acids is 1. The van der Waals surface area contributed by atoms with Crippen LogP contribution < -0.4 is 10.4 Å². The predicted octanol–water partition coefficient (Wildman–Crippen LogP) is 4.98. The fraction of sp³-hybridized carbons (Fsp3) is 0.367. The van der Waals surface area contributed by atoms with E-state index >= 15 is 0 Å². The van der Waals surface area contributed by atoms with Gasteiger partial charge in [-0.3, -0.25) is 4.79 Å². The molecule has 1 heterocycles. The summed E-state index contributed by atoms with van der Waals surface area (Å²) in [6, 6.07) is 28.5. The number of halogens is 1. The lowest BCUT2D eigenvalue weighted by Crippen LogP contribution is -2.68. The standard InChI is InChI=1S/C30H35BrO5Si/c1-30(2,3)37(24-10-6-4-7-11-24,25-12-8-5-9-13-25)36-27-20-28(33)35-29(27)26(32)18-19-34-21-22-14-16-23(31)17-15-22/h4-17,26-27,29,32H,18-21H2,1-3H3/t26-,27-,29-/m1/s1. The van der Waals surface area contributed by atoms with Crippen LogP contribution in [0.2, 0.25) is 5.04 Å². The molecule has 7 heteroatoms. The van der Waals surface area contributed by atoms with Gasteiger partial charge in [0.25, 0.3) is 8.32 Å². The summed E-state index contributed by atoms with van der Waals surface area (Å²) in [5.41, 5.74) is 1.05. The van der Waals surface area contributed by atoms with Gasteiger partial charge in [-0.15, -0.1) is 0 Å². The summed E-state index contributed by atoms with van der Waals surface area (Å²) < 4.78 is 19.6. The van der Waals surface area contributed by atoms with E-state index in [9.17, 15) is 9.90 Å². The molecule has 1 N–H and O–H groups in total. The summed E-state index contributed by atoms with van der Waals surface area (Å²) in [5, 5.41) is 13.1. The van der Waals surface area contributed by atoms with Crippen LogP contribution in [0.4, 0.5) is 0 Å². The van der Waals surface area contributed by atoms with Gasteiger partial charge in [0.15, 0.2) is 6.10 Å². The molecule has 0 bridgehead atoms. The summed E-state index contributed by atoms with van der Waals surface area (Å²) in [6.07, 6.45) is -1.73. The van der Waals surface area contributed by atoms with Crippen LogP contribution in [0.15, 0.2) is 89.4 Å². The Hall–Kier alpha value is -2.29. The van der Waals surface area contributed by atoms with E-state index in [4.69, 9.17) is 13.9 Å². The Balaban J connectivity index is 1.54. The van der Waals surface area contributed by atoms with Crippen molar-refractivity contribution in [3.05, 3.63) is 95.0 Å². The van der Waals surface area contributed by atoms with Gasteiger partial charge in [0, 0.05) is 17.5 Å². The molecule has 1 saturated heterocycles. The first-order valence-corrected chi connectivity index (χ1v) is 15.4. The third kappa shape index (κ3) is 6.41. The normalized spacial score (nSPS) is 19.0. The summed E-state index contributed by atoms with van der Waals surface area (Å²) >= 11 is 3.43. The Kier molecular flexibility index (Phi) is 9.03. The van der Waals surface area contributed by atoms with Crippen LogP contribution in [0.5, 0.6) is 0 Å². The van der Waals surface area contributed by atoms with Gasteiger partial charge in [0.1, 0.15) is 0 Å². The second-order valence-corrected chi connectivity index (χ2v) is 15.7. The molecule has 3 aromatic rings. The lowest BCUT2D eigenvalue weighted by atomic mass is 10.1. The van der Waals surface area contributed by atoms with E-state index in [0.717, 1.165) is 20.4 Å². The molecule has 0 spiro atoms. The van der Waals surface area contributed by atoms with Crippen molar-refractivity contribution in [2.24, 2.45) is 0 Å². The Morgan fingerprint density at radius 1 is 0.973 bits per heavy atom. The zero-order chi connectivity index (χ0) is 26.5. The molecule has 0 unspecified atom stereocenters. The highest BCUT2D eigenvalue weighted by Crippen LogP contribution is 2.39. The molecule has 37 heavy (non-hydrogen) atoms. The van der Waals surface area contributed by atoms with Gasteiger partial charge in [0.2, 0.25) is 0 Å². The summed E-state index contributed by atoms with van der Waals surface area (Å²) in [6.45, 7) is 7.37. The van der Waals surface area contributed by atoms with Gasteiger partial charge >= 0.3 is 5.97 Å². The SMILES string of the molecule is CC(C)(C)[Si](O[C@@H]1CC(=O)O[C@@H]1[C@H](O)CCOCc1ccc(Br)cc1)(c1ccccc1)c1ccccc1. The summed E-state index contributed by atoms with van der Waals surface area (Å²) in [4.78, 5) is 12.5. The van der Waals surface area contributed by atoms with Crippen LogP contribution >= 0.6 is 15.9 Å². The van der Waals surface area contributed by atoms with Crippen LogP contribution in [-0.2, 0) is 25.3 Å². The van der Waals surface area contributed by atoms with E-state index in [2.05, 4.69) is 61.0 Å². The van der Waals surface area contributed by atoms with Gasteiger partial charge in [-0.05, 0) is 33.1 Å². The molecular weight excluding hydrogens is 548 g/mol. The molecule has 0 saturated carbocycles. The molecule has 0 radical (unpaired) electrons. The minimum absolute atomic E-state index is 0.117. The average Bonchev–Trinajstić information content (AvgIpc) is 3.26. The minimum Gasteiger partial charge on any atom is -0.457 e. The molecule has 4 rings (SSSR count). The number of carbonyl (C=O) groups is 1. The number of cyclic esters (lactones) is 1. The maximum absolute atomic E-state index is 12.5. The molecule has 0 aromatic heterocycles. The number of benzene rings is 3. The first-order valence-electron chi connectivity index (χ1n) is 12.7. The van der Waals surface area contributed by atoms with Crippen LogP contribution in [-0.4, -0.2) is 44.3 Å². The zero-order valence-corrected chi connectivity index (χ0v) is 24.2. The zero-order valence-electron chi connectivity index (χ0n) is 21.6. The van der Waals surface area contributed by atoms with Crippen LogP contribution in [0.1, 0.15) is 39.2 Å². The number of rotatable bonds is 10. The molecule has 0 aliphatic carbocycles. The predicted molar refractivity (Wildman–Crippen MR) is 151 cm³/mol. The van der Waals surface area contributed by atoms with E-state index in [1.165, 1.54) is 0 Å². The Labute approximate surface area is 229 Å². The lowest BCUT2D eigenvalue weighted by molar-refractivity contribution is -0.147. The van der Waals surface area contributed by atoms with Gasteiger partial charge in [-0.25, -0.2) is 0 Å². The molecule has 1 aliphatic heterocycles. The first kappa shape index (κ1) is 27.7. The van der Waals surface area contributed by atoms with Crippen molar-refractivity contribution in [1.29, 1.82) is 0 Å². The van der Waals surface area contributed by atoms with E-state index in [1.54, 1.807) is 0 Å². The van der Waals surface area contributed by atoms with Gasteiger partial charge in [0.05, 0.1) is 25.2 Å². The maximum atomic E-state index is 12.5. The fourth-order valence-electron chi connectivity index (χ4n) is 5.05. The van der Waals surface area contributed by atoms with Crippen LogP contribution in [0.3, 0.4) is 0 Å². The summed E-state index contributed by atoms with van der Waals surface area (Å²) in [7, 11) is -2.90. The quantitative estimate of drug-likeness (QED) is 0.207. The smallest absolute Gasteiger partial charge is 0.308 e. The number of aliphatic hydroxyl groups excluding tert-OH is 1. The monoisotopic (exact) mass is 582 g/mol. The van der Waals surface area contributed by atoms with Crippen molar-refractivity contribution < 1.29 is 23.8 Å². The van der Waals surface area contributed by atoms with E-state index in [-0.39, 0.29) is 17.4 Å². The highest BCUT2D eigenvalue weighted by Gasteiger charge is 2.54. The maximum Gasteiger partial charge on any atom is 0.308 e. The number of hydrogen-bond donors (Lipinski definition) is 1. The molecule has 3 atom stereocenters. The molecular formula is C30H35BrO5Si. The molecule has 3 aromatic carbocycles. The molecule has 5 nitrogen and oxygen atoms in total. The fourth-order valence-corrected chi connectivity index (χ4v) is 10.00. The molecule has 1 aliphatic rings. The van der Waals surface area contributed by atoms with E-state index in [1.807, 2.05) is 60.7 Å². The topological polar surface area (TPSA) is 65.0 Å². The highest BCUT2D eigenvalue weighted by atomic mass is 79.9.